The van der Waals surface area contributed by atoms with E-state index in [1.54, 1.807) is 0 Å². The second kappa shape index (κ2) is 2.06. The van der Waals surface area contributed by atoms with Crippen molar-refractivity contribution in [1.82, 2.24) is 0 Å². The number of rotatable bonds is 2. The molecule has 1 N–H and O–H groups in total. The molecule has 0 saturated heterocycles. The molecule has 2 unspecified atom stereocenters. The molecule has 1 fully saturated rings. The first kappa shape index (κ1) is 6.09. The molecule has 1 aliphatic carbocycles. The molecule has 2 atom stereocenters. The standard InChI is InChI=1S/C6H7NO2/c7-3-5-1-4(5)2-6(8)9/h4-5H,1-2H2,(H,8,9). The highest BCUT2D eigenvalue weighted by Gasteiger charge is 2.38. The molecular weight excluding hydrogens is 118 g/mol. The van der Waals surface area contributed by atoms with E-state index in [0.29, 0.717) is 0 Å². The summed E-state index contributed by atoms with van der Waals surface area (Å²) in [7, 11) is 0. The molecule has 3 nitrogen and oxygen atoms in total. The summed E-state index contributed by atoms with van der Waals surface area (Å²) in [5.74, 6) is -0.619. The van der Waals surface area contributed by atoms with Crippen molar-refractivity contribution in [1.29, 1.82) is 5.26 Å². The number of carboxylic acid groups (broad SMARTS) is 1. The molecule has 48 valence electrons. The van der Waals surface area contributed by atoms with Gasteiger partial charge in [0.15, 0.2) is 0 Å². The highest BCUT2D eigenvalue weighted by Crippen LogP contribution is 2.40. The predicted molar refractivity (Wildman–Crippen MR) is 29.5 cm³/mol. The molecule has 0 heterocycles. The minimum Gasteiger partial charge on any atom is -0.481 e. The predicted octanol–water partition coefficient (Wildman–Crippen LogP) is 0.621. The maximum atomic E-state index is 10.0. The topological polar surface area (TPSA) is 61.1 Å². The average Bonchev–Trinajstić information content (AvgIpc) is 2.45. The quantitative estimate of drug-likeness (QED) is 0.588. The van der Waals surface area contributed by atoms with Crippen LogP contribution in [0.25, 0.3) is 0 Å². The van der Waals surface area contributed by atoms with Gasteiger partial charge in [-0.25, -0.2) is 0 Å². The third kappa shape index (κ3) is 1.43. The first-order valence-electron chi connectivity index (χ1n) is 2.85. The molecule has 1 rings (SSSR count). The lowest BCUT2D eigenvalue weighted by Gasteiger charge is -1.84. The van der Waals surface area contributed by atoms with Crippen LogP contribution >= 0.6 is 0 Å². The van der Waals surface area contributed by atoms with E-state index in [1.807, 2.05) is 6.07 Å². The highest BCUT2D eigenvalue weighted by atomic mass is 16.4. The molecule has 0 aromatic rings. The number of hydrogen-bond acceptors (Lipinski definition) is 2. The summed E-state index contributed by atoms with van der Waals surface area (Å²) in [5.41, 5.74) is 0. The Morgan fingerprint density at radius 1 is 1.89 bits per heavy atom. The molecule has 0 aromatic heterocycles. The monoisotopic (exact) mass is 125 g/mol. The Morgan fingerprint density at radius 3 is 2.89 bits per heavy atom. The third-order valence-corrected chi connectivity index (χ3v) is 1.53. The minimum absolute atomic E-state index is 0.0288. The Balaban J connectivity index is 2.22. The zero-order valence-corrected chi connectivity index (χ0v) is 4.87. The van der Waals surface area contributed by atoms with Gasteiger partial charge < -0.3 is 5.11 Å². The van der Waals surface area contributed by atoms with Gasteiger partial charge in [0.25, 0.3) is 0 Å². The van der Waals surface area contributed by atoms with Gasteiger partial charge >= 0.3 is 5.97 Å². The molecule has 1 saturated carbocycles. The molecule has 1 aliphatic rings. The Morgan fingerprint density at radius 2 is 2.56 bits per heavy atom. The van der Waals surface area contributed by atoms with Gasteiger partial charge in [0, 0.05) is 6.42 Å². The van der Waals surface area contributed by atoms with Crippen molar-refractivity contribution in [2.45, 2.75) is 12.8 Å². The second-order valence-corrected chi connectivity index (χ2v) is 2.33. The number of aliphatic carboxylic acids is 1. The summed E-state index contributed by atoms with van der Waals surface area (Å²) in [6.07, 6.45) is 0.945. The van der Waals surface area contributed by atoms with Gasteiger partial charge in [-0.2, -0.15) is 5.26 Å². The largest absolute Gasteiger partial charge is 0.481 e. The van der Waals surface area contributed by atoms with Crippen LogP contribution in [0.4, 0.5) is 0 Å². The van der Waals surface area contributed by atoms with Crippen LogP contribution in [0.1, 0.15) is 12.8 Å². The lowest BCUT2D eigenvalue weighted by atomic mass is 10.2. The second-order valence-electron chi connectivity index (χ2n) is 2.33. The van der Waals surface area contributed by atoms with Crippen LogP contribution in [0.5, 0.6) is 0 Å². The molecular formula is C6H7NO2. The Labute approximate surface area is 52.9 Å². The van der Waals surface area contributed by atoms with Gasteiger partial charge in [-0.15, -0.1) is 0 Å². The zero-order valence-electron chi connectivity index (χ0n) is 4.87. The van der Waals surface area contributed by atoms with Crippen LogP contribution in [0.2, 0.25) is 0 Å². The van der Waals surface area contributed by atoms with E-state index in [2.05, 4.69) is 0 Å². The fourth-order valence-corrected chi connectivity index (χ4v) is 0.856. The molecule has 0 bridgehead atoms. The van der Waals surface area contributed by atoms with Crippen molar-refractivity contribution in [2.75, 3.05) is 0 Å². The molecule has 9 heavy (non-hydrogen) atoms. The van der Waals surface area contributed by atoms with E-state index in [1.165, 1.54) is 0 Å². The van der Waals surface area contributed by atoms with E-state index in [4.69, 9.17) is 10.4 Å². The maximum Gasteiger partial charge on any atom is 0.303 e. The molecule has 0 radical (unpaired) electrons. The SMILES string of the molecule is N#CC1CC1CC(=O)O. The number of carbonyl (C=O) groups is 1. The van der Waals surface area contributed by atoms with E-state index < -0.39 is 5.97 Å². The fraction of sp³-hybridized carbons (Fsp3) is 0.667. The summed E-state index contributed by atoms with van der Waals surface area (Å²) in [4.78, 5) is 10.0. The highest BCUT2D eigenvalue weighted by molar-refractivity contribution is 5.67. The van der Waals surface area contributed by atoms with Crippen molar-refractivity contribution >= 4 is 5.97 Å². The van der Waals surface area contributed by atoms with Gasteiger partial charge in [-0.3, -0.25) is 4.79 Å². The van der Waals surface area contributed by atoms with Crippen molar-refractivity contribution in [3.8, 4) is 6.07 Å². The van der Waals surface area contributed by atoms with Crippen molar-refractivity contribution < 1.29 is 9.90 Å². The van der Waals surface area contributed by atoms with Crippen molar-refractivity contribution in [3.05, 3.63) is 0 Å². The van der Waals surface area contributed by atoms with E-state index in [0.717, 1.165) is 6.42 Å². The molecule has 0 spiro atoms. The maximum absolute atomic E-state index is 10.0. The van der Waals surface area contributed by atoms with Crippen LogP contribution in [-0.2, 0) is 4.79 Å². The van der Waals surface area contributed by atoms with Crippen LogP contribution < -0.4 is 0 Å². The number of nitrogens with zero attached hydrogens (tertiary/aromatic N) is 1. The first-order valence-corrected chi connectivity index (χ1v) is 2.85. The summed E-state index contributed by atoms with van der Waals surface area (Å²) in [6.45, 7) is 0. The smallest absolute Gasteiger partial charge is 0.303 e. The summed E-state index contributed by atoms with van der Waals surface area (Å²) < 4.78 is 0. The Kier molecular flexibility index (Phi) is 1.39. The van der Waals surface area contributed by atoms with Gasteiger partial charge in [0.1, 0.15) is 0 Å². The van der Waals surface area contributed by atoms with Gasteiger partial charge in [-0.05, 0) is 12.3 Å². The van der Waals surface area contributed by atoms with Gasteiger partial charge in [0.05, 0.1) is 12.0 Å². The third-order valence-electron chi connectivity index (χ3n) is 1.53. The van der Waals surface area contributed by atoms with Crippen molar-refractivity contribution in [2.24, 2.45) is 11.8 Å². The van der Waals surface area contributed by atoms with Crippen LogP contribution in [0.15, 0.2) is 0 Å². The summed E-state index contributed by atoms with van der Waals surface area (Å²) in [5, 5.41) is 16.5. The normalized spacial score (nSPS) is 31.0. The molecule has 3 heteroatoms. The zero-order chi connectivity index (χ0) is 6.85. The minimum atomic E-state index is -0.794. The fourth-order valence-electron chi connectivity index (χ4n) is 0.856. The molecule has 0 aliphatic heterocycles. The first-order chi connectivity index (χ1) is 4.24. The van der Waals surface area contributed by atoms with Gasteiger partial charge in [0.2, 0.25) is 0 Å². The van der Waals surface area contributed by atoms with Crippen LogP contribution in [-0.4, -0.2) is 11.1 Å². The van der Waals surface area contributed by atoms with E-state index in [9.17, 15) is 4.79 Å². The van der Waals surface area contributed by atoms with Crippen LogP contribution in [0, 0.1) is 23.2 Å². The number of hydrogen-bond donors (Lipinski definition) is 1. The number of nitriles is 1. The van der Waals surface area contributed by atoms with Crippen molar-refractivity contribution in [3.63, 3.8) is 0 Å². The molecule has 0 aromatic carbocycles. The number of carboxylic acids is 1. The molecule has 0 amide bonds. The van der Waals surface area contributed by atoms with Crippen LogP contribution in [0.3, 0.4) is 0 Å². The Bertz CT molecular complexity index is 170. The lowest BCUT2D eigenvalue weighted by molar-refractivity contribution is -0.137. The van der Waals surface area contributed by atoms with E-state index >= 15 is 0 Å². The van der Waals surface area contributed by atoms with Gasteiger partial charge in [-0.1, -0.05) is 0 Å². The Hall–Kier alpha value is -1.04. The average molecular weight is 125 g/mol. The lowest BCUT2D eigenvalue weighted by Crippen LogP contribution is -1.95. The summed E-state index contributed by atoms with van der Waals surface area (Å²) >= 11 is 0. The van der Waals surface area contributed by atoms with E-state index in [-0.39, 0.29) is 18.3 Å². The summed E-state index contributed by atoms with van der Waals surface area (Å²) in [6, 6.07) is 2.03.